The third kappa shape index (κ3) is 3.53. The molecule has 6 heteroatoms. The van der Waals surface area contributed by atoms with Crippen LogP contribution in [-0.2, 0) is 0 Å². The molecular weight excluding hydrogens is 268 g/mol. The minimum atomic E-state index is -4.42. The van der Waals surface area contributed by atoms with Gasteiger partial charge in [-0.25, -0.2) is 4.39 Å². The van der Waals surface area contributed by atoms with Gasteiger partial charge in [0.25, 0.3) is 0 Å². The second kappa shape index (κ2) is 4.16. The number of hydrogen-bond donors (Lipinski definition) is 0. The van der Waals surface area contributed by atoms with Crippen LogP contribution in [0.3, 0.4) is 0 Å². The summed E-state index contributed by atoms with van der Waals surface area (Å²) in [7, 11) is 0. The normalized spacial score (nSPS) is 11.5. The lowest BCUT2D eigenvalue weighted by atomic mass is 10.3. The molecule has 0 amide bonds. The molecule has 0 N–H and O–H groups in total. The van der Waals surface area contributed by atoms with E-state index in [9.17, 15) is 17.6 Å². The SMILES string of the molecule is Fc1ccc(Br)c(OCC(F)(F)F)c1. The molecule has 0 aliphatic heterocycles. The zero-order valence-corrected chi connectivity index (χ0v) is 8.32. The number of benzene rings is 1. The molecule has 0 unspecified atom stereocenters. The predicted octanol–water partition coefficient (Wildman–Crippen LogP) is 3.53. The highest BCUT2D eigenvalue weighted by molar-refractivity contribution is 9.10. The van der Waals surface area contributed by atoms with Crippen LogP contribution in [0.25, 0.3) is 0 Å². The van der Waals surface area contributed by atoms with Gasteiger partial charge in [0.2, 0.25) is 0 Å². The molecule has 0 aromatic heterocycles. The fraction of sp³-hybridized carbons (Fsp3) is 0.250. The molecule has 0 spiro atoms. The van der Waals surface area contributed by atoms with Crippen LogP contribution in [0.5, 0.6) is 5.75 Å². The van der Waals surface area contributed by atoms with E-state index in [4.69, 9.17) is 0 Å². The summed E-state index contributed by atoms with van der Waals surface area (Å²) in [6, 6.07) is 3.28. The molecule has 0 aliphatic rings. The summed E-state index contributed by atoms with van der Waals surface area (Å²) in [4.78, 5) is 0. The van der Waals surface area contributed by atoms with Crippen molar-refractivity contribution in [1.29, 1.82) is 0 Å². The molecule has 1 nitrogen and oxygen atoms in total. The highest BCUT2D eigenvalue weighted by Gasteiger charge is 2.28. The van der Waals surface area contributed by atoms with Crippen molar-refractivity contribution in [2.24, 2.45) is 0 Å². The number of ether oxygens (including phenoxy) is 1. The summed E-state index contributed by atoms with van der Waals surface area (Å²) in [5.41, 5.74) is 0. The molecule has 0 atom stereocenters. The Balaban J connectivity index is 2.72. The van der Waals surface area contributed by atoms with Gasteiger partial charge in [-0.15, -0.1) is 0 Å². The molecule has 0 fully saturated rings. The lowest BCUT2D eigenvalue weighted by Gasteiger charge is -2.10. The van der Waals surface area contributed by atoms with Crippen molar-refractivity contribution >= 4 is 15.9 Å². The monoisotopic (exact) mass is 272 g/mol. The summed E-state index contributed by atoms with van der Waals surface area (Å²) < 4.78 is 52.5. The third-order valence-corrected chi connectivity index (χ3v) is 1.94. The second-order valence-electron chi connectivity index (χ2n) is 2.48. The molecule has 0 heterocycles. The molecule has 0 bridgehead atoms. The summed E-state index contributed by atoms with van der Waals surface area (Å²) in [6.45, 7) is -1.44. The molecular formula is C8H5BrF4O. The Morgan fingerprint density at radius 1 is 1.29 bits per heavy atom. The predicted molar refractivity (Wildman–Crippen MR) is 45.6 cm³/mol. The molecule has 78 valence electrons. The van der Waals surface area contributed by atoms with Crippen molar-refractivity contribution in [3.63, 3.8) is 0 Å². The van der Waals surface area contributed by atoms with Gasteiger partial charge in [0.15, 0.2) is 6.61 Å². The number of halogens is 5. The Hall–Kier alpha value is -0.780. The van der Waals surface area contributed by atoms with E-state index in [0.29, 0.717) is 0 Å². The summed E-state index contributed by atoms with van der Waals surface area (Å²) >= 11 is 2.94. The van der Waals surface area contributed by atoms with Gasteiger partial charge in [0.05, 0.1) is 4.47 Å². The van der Waals surface area contributed by atoms with Gasteiger partial charge < -0.3 is 4.74 Å². The van der Waals surface area contributed by atoms with E-state index in [1.54, 1.807) is 0 Å². The lowest BCUT2D eigenvalue weighted by Crippen LogP contribution is -2.19. The van der Waals surface area contributed by atoms with Crippen LogP contribution in [0, 0.1) is 5.82 Å². The van der Waals surface area contributed by atoms with E-state index in [1.807, 2.05) is 0 Å². The first-order valence-corrected chi connectivity index (χ1v) is 4.32. The van der Waals surface area contributed by atoms with Gasteiger partial charge >= 0.3 is 6.18 Å². The van der Waals surface area contributed by atoms with Crippen molar-refractivity contribution in [2.75, 3.05) is 6.61 Å². The van der Waals surface area contributed by atoms with Crippen LogP contribution < -0.4 is 4.74 Å². The second-order valence-corrected chi connectivity index (χ2v) is 3.33. The first kappa shape index (κ1) is 11.3. The maximum absolute atomic E-state index is 12.6. The fourth-order valence-corrected chi connectivity index (χ4v) is 1.11. The minimum absolute atomic E-state index is 0.165. The number of hydrogen-bond acceptors (Lipinski definition) is 1. The zero-order chi connectivity index (χ0) is 10.8. The quantitative estimate of drug-likeness (QED) is 0.749. The first-order chi connectivity index (χ1) is 6.38. The van der Waals surface area contributed by atoms with E-state index in [-0.39, 0.29) is 10.2 Å². The highest BCUT2D eigenvalue weighted by Crippen LogP contribution is 2.27. The number of rotatable bonds is 2. The topological polar surface area (TPSA) is 9.23 Å². The molecule has 0 saturated heterocycles. The first-order valence-electron chi connectivity index (χ1n) is 3.53. The third-order valence-electron chi connectivity index (χ3n) is 1.28. The van der Waals surface area contributed by atoms with Crippen LogP contribution in [0.2, 0.25) is 0 Å². The Morgan fingerprint density at radius 2 is 1.93 bits per heavy atom. The highest BCUT2D eigenvalue weighted by atomic mass is 79.9. The largest absolute Gasteiger partial charge is 0.483 e. The standard InChI is InChI=1S/C8H5BrF4O/c9-6-2-1-5(10)3-7(6)14-4-8(11,12)13/h1-3H,4H2. The minimum Gasteiger partial charge on any atom is -0.483 e. The molecule has 1 rings (SSSR count). The van der Waals surface area contributed by atoms with Crippen molar-refractivity contribution in [3.8, 4) is 5.75 Å². The Labute approximate surface area is 85.8 Å². The van der Waals surface area contributed by atoms with Gasteiger partial charge in [0.1, 0.15) is 11.6 Å². The summed E-state index contributed by atoms with van der Waals surface area (Å²) in [5, 5.41) is 0. The van der Waals surface area contributed by atoms with Gasteiger partial charge in [-0.3, -0.25) is 0 Å². The van der Waals surface area contributed by atoms with E-state index < -0.39 is 18.6 Å². The Bertz CT molecular complexity index is 324. The molecule has 0 aliphatic carbocycles. The van der Waals surface area contributed by atoms with Crippen LogP contribution in [0.15, 0.2) is 22.7 Å². The van der Waals surface area contributed by atoms with Gasteiger partial charge in [-0.05, 0) is 28.1 Å². The van der Waals surface area contributed by atoms with Crippen LogP contribution in [0.1, 0.15) is 0 Å². The average Bonchev–Trinajstić information content (AvgIpc) is 2.05. The van der Waals surface area contributed by atoms with E-state index >= 15 is 0 Å². The lowest BCUT2D eigenvalue weighted by molar-refractivity contribution is -0.153. The van der Waals surface area contributed by atoms with Crippen LogP contribution >= 0.6 is 15.9 Å². The van der Waals surface area contributed by atoms with E-state index in [1.165, 1.54) is 6.07 Å². The van der Waals surface area contributed by atoms with Crippen LogP contribution in [-0.4, -0.2) is 12.8 Å². The zero-order valence-electron chi connectivity index (χ0n) is 6.74. The molecule has 0 radical (unpaired) electrons. The Kier molecular flexibility index (Phi) is 3.36. The Morgan fingerprint density at radius 3 is 2.50 bits per heavy atom. The van der Waals surface area contributed by atoms with E-state index in [0.717, 1.165) is 12.1 Å². The molecule has 1 aromatic rings. The molecule has 1 aromatic carbocycles. The number of alkyl halides is 3. The van der Waals surface area contributed by atoms with Crippen LogP contribution in [0.4, 0.5) is 17.6 Å². The molecule has 0 saturated carbocycles. The summed E-state index contributed by atoms with van der Waals surface area (Å²) in [5.74, 6) is -0.812. The maximum atomic E-state index is 12.6. The average molecular weight is 273 g/mol. The van der Waals surface area contributed by atoms with E-state index in [2.05, 4.69) is 20.7 Å². The smallest absolute Gasteiger partial charge is 0.422 e. The van der Waals surface area contributed by atoms with Gasteiger partial charge in [-0.1, -0.05) is 0 Å². The molecule has 14 heavy (non-hydrogen) atoms. The van der Waals surface area contributed by atoms with Gasteiger partial charge in [-0.2, -0.15) is 13.2 Å². The van der Waals surface area contributed by atoms with Crippen molar-refractivity contribution in [1.82, 2.24) is 0 Å². The van der Waals surface area contributed by atoms with Gasteiger partial charge in [0, 0.05) is 6.07 Å². The maximum Gasteiger partial charge on any atom is 0.422 e. The summed E-state index contributed by atoms with van der Waals surface area (Å²) in [6.07, 6.45) is -4.42. The fourth-order valence-electron chi connectivity index (χ4n) is 0.747. The van der Waals surface area contributed by atoms with Crippen molar-refractivity contribution in [2.45, 2.75) is 6.18 Å². The van der Waals surface area contributed by atoms with Crippen molar-refractivity contribution in [3.05, 3.63) is 28.5 Å². The van der Waals surface area contributed by atoms with Crippen molar-refractivity contribution < 1.29 is 22.3 Å².